The number of piperidine rings is 1. The molecule has 1 saturated carbocycles. The van der Waals surface area contributed by atoms with Crippen LogP contribution in [0, 0.1) is 5.92 Å². The van der Waals surface area contributed by atoms with Crippen molar-refractivity contribution < 1.29 is 18.9 Å². The van der Waals surface area contributed by atoms with Gasteiger partial charge in [-0.1, -0.05) is 15.9 Å². The van der Waals surface area contributed by atoms with Crippen molar-refractivity contribution in [2.45, 2.75) is 49.0 Å². The maximum absolute atomic E-state index is 6.71. The van der Waals surface area contributed by atoms with Gasteiger partial charge in [0, 0.05) is 27.9 Å². The molecule has 26 heavy (non-hydrogen) atoms. The number of hydrogen-bond acceptors (Lipinski definition) is 5. The molecule has 2 aliphatic carbocycles. The van der Waals surface area contributed by atoms with Crippen LogP contribution < -0.4 is 9.47 Å². The van der Waals surface area contributed by atoms with Crippen molar-refractivity contribution >= 4 is 15.9 Å². The molecule has 1 aromatic carbocycles. The molecule has 0 radical (unpaired) electrons. The highest BCUT2D eigenvalue weighted by Crippen LogP contribution is 2.67. The number of likely N-dealkylation sites (N-methyl/N-ethyl adjacent to an activating group) is 1. The Hall–Kier alpha value is -0.820. The van der Waals surface area contributed by atoms with E-state index in [1.165, 1.54) is 11.1 Å². The summed E-state index contributed by atoms with van der Waals surface area (Å²) in [5, 5.41) is 0. The van der Waals surface area contributed by atoms with Crippen molar-refractivity contribution in [1.29, 1.82) is 0 Å². The first-order valence-electron chi connectivity index (χ1n) is 9.65. The molecule has 0 unspecified atom stereocenters. The first kappa shape index (κ1) is 16.2. The number of benzene rings is 1. The van der Waals surface area contributed by atoms with Gasteiger partial charge in [0.1, 0.15) is 0 Å². The van der Waals surface area contributed by atoms with E-state index in [1.807, 2.05) is 0 Å². The summed E-state index contributed by atoms with van der Waals surface area (Å²) in [5.41, 5.74) is 2.74. The van der Waals surface area contributed by atoms with Crippen LogP contribution in [0.25, 0.3) is 0 Å². The van der Waals surface area contributed by atoms with Crippen molar-refractivity contribution in [3.63, 3.8) is 0 Å². The second kappa shape index (κ2) is 5.16. The zero-order chi connectivity index (χ0) is 17.7. The van der Waals surface area contributed by atoms with Crippen LogP contribution in [0.5, 0.6) is 11.5 Å². The molecule has 5 aliphatic rings. The summed E-state index contributed by atoms with van der Waals surface area (Å²) in [7, 11) is 4.00. The molecular formula is C20H24BrNO4. The molecule has 3 aliphatic heterocycles. The van der Waals surface area contributed by atoms with Gasteiger partial charge in [0.2, 0.25) is 5.79 Å². The van der Waals surface area contributed by atoms with Crippen LogP contribution >= 0.6 is 15.9 Å². The Morgan fingerprint density at radius 2 is 2.08 bits per heavy atom. The molecule has 6 heteroatoms. The van der Waals surface area contributed by atoms with Gasteiger partial charge in [-0.3, -0.25) is 0 Å². The van der Waals surface area contributed by atoms with Gasteiger partial charge < -0.3 is 23.8 Å². The summed E-state index contributed by atoms with van der Waals surface area (Å²) >= 11 is 3.83. The quantitative estimate of drug-likeness (QED) is 0.696. The molecule has 0 N–H and O–H groups in total. The number of fused-ring (bicyclic) bond motifs is 1. The minimum Gasteiger partial charge on any atom is -0.493 e. The maximum atomic E-state index is 6.71. The molecule has 2 bridgehead atoms. The van der Waals surface area contributed by atoms with Gasteiger partial charge in [-0.15, -0.1) is 0 Å². The fourth-order valence-corrected chi connectivity index (χ4v) is 7.22. The molecule has 0 amide bonds. The van der Waals surface area contributed by atoms with E-state index in [0.29, 0.717) is 25.2 Å². The first-order chi connectivity index (χ1) is 12.6. The monoisotopic (exact) mass is 421 g/mol. The van der Waals surface area contributed by atoms with E-state index in [-0.39, 0.29) is 11.5 Å². The second-order valence-corrected chi connectivity index (χ2v) is 9.29. The van der Waals surface area contributed by atoms with E-state index < -0.39 is 5.79 Å². The minimum atomic E-state index is -0.595. The normalized spacial score (nSPS) is 39.0. The van der Waals surface area contributed by atoms with Crippen LogP contribution in [0.1, 0.15) is 30.4 Å². The Labute approximate surface area is 162 Å². The maximum Gasteiger partial charge on any atom is 0.206 e. The Balaban J connectivity index is 1.64. The third kappa shape index (κ3) is 1.69. The molecule has 4 atom stereocenters. The van der Waals surface area contributed by atoms with Crippen LogP contribution in [0.4, 0.5) is 0 Å². The van der Waals surface area contributed by atoms with Crippen LogP contribution in [-0.2, 0) is 21.3 Å². The number of hydrogen-bond donors (Lipinski definition) is 0. The molecule has 6 rings (SSSR count). The predicted octanol–water partition coefficient (Wildman–Crippen LogP) is 2.87. The average molecular weight is 422 g/mol. The molecule has 1 aromatic rings. The van der Waals surface area contributed by atoms with Gasteiger partial charge in [-0.25, -0.2) is 0 Å². The van der Waals surface area contributed by atoms with E-state index in [1.54, 1.807) is 7.11 Å². The lowest BCUT2D eigenvalue weighted by atomic mass is 9.50. The van der Waals surface area contributed by atoms with E-state index >= 15 is 0 Å². The number of likely N-dealkylation sites (tertiary alicyclic amines) is 1. The van der Waals surface area contributed by atoms with E-state index in [2.05, 4.69) is 33.9 Å². The molecule has 0 aromatic heterocycles. The standard InChI is InChI=1S/C20H24BrNO4/c1-22-6-5-19-12-3-4-20(24-7-8-25-20)18(19)26-17-15(23-2)10-13(21)11(16(17)19)9-14(12)22/h10,12,14,18H,3-9H2,1-2H3/t12-,14+,18-,19+/m1/s1. The smallest absolute Gasteiger partial charge is 0.206 e. The molecular weight excluding hydrogens is 398 g/mol. The Morgan fingerprint density at radius 1 is 1.27 bits per heavy atom. The summed E-state index contributed by atoms with van der Waals surface area (Å²) in [6.45, 7) is 2.41. The lowest BCUT2D eigenvalue weighted by molar-refractivity contribution is -0.260. The SMILES string of the molecule is COc1cc(Br)c2c3c1O[C@H]1C4(CC[C@@H]5[C@H](C2)N(C)CC[C@@]351)OCCO4. The highest BCUT2D eigenvalue weighted by atomic mass is 79.9. The Kier molecular flexibility index (Phi) is 3.21. The van der Waals surface area contributed by atoms with Crippen molar-refractivity contribution in [2.75, 3.05) is 33.9 Å². The lowest BCUT2D eigenvalue weighted by Gasteiger charge is -2.60. The highest BCUT2D eigenvalue weighted by Gasteiger charge is 2.71. The van der Waals surface area contributed by atoms with Gasteiger partial charge in [0.05, 0.1) is 20.3 Å². The van der Waals surface area contributed by atoms with Crippen LogP contribution in [0.3, 0.4) is 0 Å². The summed E-state index contributed by atoms with van der Waals surface area (Å²) in [5.74, 6) is 1.74. The largest absolute Gasteiger partial charge is 0.493 e. The van der Waals surface area contributed by atoms with Gasteiger partial charge in [-0.2, -0.15) is 0 Å². The zero-order valence-electron chi connectivity index (χ0n) is 15.2. The van der Waals surface area contributed by atoms with Crippen LogP contribution in [0.2, 0.25) is 0 Å². The van der Waals surface area contributed by atoms with E-state index in [9.17, 15) is 0 Å². The molecule has 3 fully saturated rings. The molecule has 3 heterocycles. The predicted molar refractivity (Wildman–Crippen MR) is 98.9 cm³/mol. The summed E-state index contributed by atoms with van der Waals surface area (Å²) in [6, 6.07) is 2.62. The third-order valence-electron chi connectivity index (χ3n) is 7.65. The summed E-state index contributed by atoms with van der Waals surface area (Å²) in [6.07, 6.45) is 4.12. The van der Waals surface area contributed by atoms with Gasteiger partial charge in [0.15, 0.2) is 17.6 Å². The lowest BCUT2D eigenvalue weighted by Crippen LogP contribution is -2.70. The Morgan fingerprint density at radius 3 is 2.85 bits per heavy atom. The van der Waals surface area contributed by atoms with E-state index in [0.717, 1.165) is 48.2 Å². The Bertz CT molecular complexity index is 793. The minimum absolute atomic E-state index is 0.0280. The zero-order valence-corrected chi connectivity index (χ0v) is 16.8. The number of methoxy groups -OCH3 is 1. The van der Waals surface area contributed by atoms with Crippen molar-refractivity contribution in [3.05, 3.63) is 21.7 Å². The highest BCUT2D eigenvalue weighted by molar-refractivity contribution is 9.10. The molecule has 2 saturated heterocycles. The van der Waals surface area contributed by atoms with Crippen molar-refractivity contribution in [2.24, 2.45) is 5.92 Å². The fourth-order valence-electron chi connectivity index (χ4n) is 6.65. The van der Waals surface area contributed by atoms with Crippen LogP contribution in [0.15, 0.2) is 10.5 Å². The van der Waals surface area contributed by atoms with E-state index in [4.69, 9.17) is 18.9 Å². The van der Waals surface area contributed by atoms with Crippen molar-refractivity contribution in [1.82, 2.24) is 4.90 Å². The van der Waals surface area contributed by atoms with Gasteiger partial charge in [-0.05, 0) is 50.4 Å². The molecule has 5 nitrogen and oxygen atoms in total. The second-order valence-electron chi connectivity index (χ2n) is 8.44. The summed E-state index contributed by atoms with van der Waals surface area (Å²) < 4.78 is 26.1. The topological polar surface area (TPSA) is 40.2 Å². The number of ether oxygens (including phenoxy) is 4. The molecule has 140 valence electrons. The van der Waals surface area contributed by atoms with Crippen molar-refractivity contribution in [3.8, 4) is 11.5 Å². The first-order valence-corrected chi connectivity index (χ1v) is 10.4. The van der Waals surface area contributed by atoms with Gasteiger partial charge in [0.25, 0.3) is 0 Å². The average Bonchev–Trinajstić information content (AvgIpc) is 3.24. The molecule has 2 spiro atoms. The number of nitrogens with zero attached hydrogens (tertiary/aromatic N) is 1. The van der Waals surface area contributed by atoms with Crippen LogP contribution in [-0.4, -0.2) is 56.7 Å². The number of rotatable bonds is 1. The summed E-state index contributed by atoms with van der Waals surface area (Å²) in [4.78, 5) is 2.55. The third-order valence-corrected chi connectivity index (χ3v) is 8.36. The number of halogens is 1. The van der Waals surface area contributed by atoms with Gasteiger partial charge >= 0.3 is 0 Å². The fraction of sp³-hybridized carbons (Fsp3) is 0.700.